The molecule has 4 aliphatic rings. The second-order valence-corrected chi connectivity index (χ2v) is 9.18. The average molecular weight is 309 g/mol. The van der Waals surface area contributed by atoms with Crippen molar-refractivity contribution in [3.8, 4) is 0 Å². The first-order valence-electron chi connectivity index (χ1n) is 9.91. The zero-order valence-electron chi connectivity index (χ0n) is 14.6. The lowest BCUT2D eigenvalue weighted by Crippen LogP contribution is -2.63. The average Bonchev–Trinajstić information content (AvgIpc) is 2.37. The van der Waals surface area contributed by atoms with Crippen molar-refractivity contribution in [2.45, 2.75) is 114 Å². The summed E-state index contributed by atoms with van der Waals surface area (Å²) in [7, 11) is 0. The van der Waals surface area contributed by atoms with Crippen LogP contribution in [0.15, 0.2) is 0 Å². The molecular formula is C20H36O2. The summed E-state index contributed by atoms with van der Waals surface area (Å²) >= 11 is 0. The van der Waals surface area contributed by atoms with Crippen molar-refractivity contribution in [1.82, 2.24) is 0 Å². The van der Waals surface area contributed by atoms with Crippen LogP contribution in [0.25, 0.3) is 0 Å². The van der Waals surface area contributed by atoms with E-state index >= 15 is 0 Å². The summed E-state index contributed by atoms with van der Waals surface area (Å²) in [5.41, 5.74) is -0.798. The van der Waals surface area contributed by atoms with Crippen LogP contribution in [0.3, 0.4) is 0 Å². The maximum absolute atomic E-state index is 10.8. The number of hydrogen-bond acceptors (Lipinski definition) is 2. The molecule has 0 radical (unpaired) electrons. The summed E-state index contributed by atoms with van der Waals surface area (Å²) in [6.45, 7) is 2.27. The SMILES string of the molecule is CCCCCCCCCCC12CC3CC(O)(CC(O)(C3)C1)C2. The molecule has 2 nitrogen and oxygen atoms in total. The minimum absolute atomic E-state index is 0.269. The molecule has 22 heavy (non-hydrogen) atoms. The molecule has 0 heterocycles. The van der Waals surface area contributed by atoms with Gasteiger partial charge in [-0.25, -0.2) is 0 Å². The molecule has 4 bridgehead atoms. The molecule has 0 aromatic carbocycles. The minimum atomic E-state index is -0.533. The zero-order chi connectivity index (χ0) is 15.7. The molecule has 2 unspecified atom stereocenters. The Morgan fingerprint density at radius 2 is 1.27 bits per heavy atom. The van der Waals surface area contributed by atoms with Gasteiger partial charge in [0.15, 0.2) is 0 Å². The Hall–Kier alpha value is -0.0800. The summed E-state index contributed by atoms with van der Waals surface area (Å²) < 4.78 is 0. The quantitative estimate of drug-likeness (QED) is 0.591. The normalized spacial score (nSPS) is 43.0. The van der Waals surface area contributed by atoms with E-state index in [1.165, 1.54) is 64.2 Å². The first-order valence-corrected chi connectivity index (χ1v) is 9.91. The van der Waals surface area contributed by atoms with E-state index in [1.807, 2.05) is 0 Å². The molecule has 0 amide bonds. The van der Waals surface area contributed by atoms with Gasteiger partial charge in [-0.15, -0.1) is 0 Å². The highest BCUT2D eigenvalue weighted by atomic mass is 16.3. The van der Waals surface area contributed by atoms with Crippen molar-refractivity contribution in [2.24, 2.45) is 11.3 Å². The van der Waals surface area contributed by atoms with Crippen molar-refractivity contribution in [1.29, 1.82) is 0 Å². The maximum Gasteiger partial charge on any atom is 0.0683 e. The lowest BCUT2D eigenvalue weighted by Gasteiger charge is -2.63. The van der Waals surface area contributed by atoms with Crippen LogP contribution in [-0.4, -0.2) is 21.4 Å². The van der Waals surface area contributed by atoms with E-state index in [2.05, 4.69) is 6.92 Å². The summed E-state index contributed by atoms with van der Waals surface area (Å²) in [5.74, 6) is 0.584. The molecule has 0 aromatic rings. The number of hydrogen-bond donors (Lipinski definition) is 2. The van der Waals surface area contributed by atoms with E-state index in [0.29, 0.717) is 12.3 Å². The van der Waals surface area contributed by atoms with Gasteiger partial charge in [-0.2, -0.15) is 0 Å². The molecule has 0 aromatic heterocycles. The number of aliphatic hydroxyl groups is 2. The predicted molar refractivity (Wildman–Crippen MR) is 90.8 cm³/mol. The van der Waals surface area contributed by atoms with E-state index in [1.54, 1.807) is 0 Å². The van der Waals surface area contributed by atoms with Gasteiger partial charge in [-0.05, 0) is 49.9 Å². The second kappa shape index (κ2) is 6.43. The molecule has 4 rings (SSSR count). The van der Waals surface area contributed by atoms with E-state index in [9.17, 15) is 10.2 Å². The molecule has 0 saturated heterocycles. The van der Waals surface area contributed by atoms with E-state index in [0.717, 1.165) is 25.7 Å². The third-order valence-electron chi connectivity index (χ3n) is 6.69. The van der Waals surface area contributed by atoms with Crippen LogP contribution in [0.2, 0.25) is 0 Å². The molecule has 0 spiro atoms. The molecule has 4 fully saturated rings. The molecule has 2 N–H and O–H groups in total. The molecule has 2 heteroatoms. The highest BCUT2D eigenvalue weighted by Crippen LogP contribution is 2.64. The third kappa shape index (κ3) is 3.70. The van der Waals surface area contributed by atoms with Crippen LogP contribution >= 0.6 is 0 Å². The van der Waals surface area contributed by atoms with Crippen LogP contribution in [0, 0.1) is 11.3 Å². The molecular weight excluding hydrogens is 272 g/mol. The lowest BCUT2D eigenvalue weighted by molar-refractivity contribution is -0.231. The van der Waals surface area contributed by atoms with Crippen molar-refractivity contribution >= 4 is 0 Å². The van der Waals surface area contributed by atoms with Gasteiger partial charge < -0.3 is 10.2 Å². The fourth-order valence-corrected chi connectivity index (χ4v) is 6.45. The van der Waals surface area contributed by atoms with Gasteiger partial charge in [-0.1, -0.05) is 58.3 Å². The Kier molecular flexibility index (Phi) is 4.90. The smallest absolute Gasteiger partial charge is 0.0683 e. The van der Waals surface area contributed by atoms with Crippen LogP contribution in [0.4, 0.5) is 0 Å². The van der Waals surface area contributed by atoms with Crippen molar-refractivity contribution in [3.05, 3.63) is 0 Å². The Balaban J connectivity index is 1.41. The third-order valence-corrected chi connectivity index (χ3v) is 6.69. The molecule has 0 aliphatic heterocycles. The van der Waals surface area contributed by atoms with Gasteiger partial charge >= 0.3 is 0 Å². The molecule has 4 aliphatic carbocycles. The van der Waals surface area contributed by atoms with Gasteiger partial charge in [-0.3, -0.25) is 0 Å². The fourth-order valence-electron chi connectivity index (χ4n) is 6.45. The van der Waals surface area contributed by atoms with Crippen LogP contribution in [0.1, 0.15) is 103 Å². The summed E-state index contributed by atoms with van der Waals surface area (Å²) in [5, 5.41) is 21.6. The fraction of sp³-hybridized carbons (Fsp3) is 1.00. The minimum Gasteiger partial charge on any atom is -0.390 e. The van der Waals surface area contributed by atoms with Crippen molar-refractivity contribution in [2.75, 3.05) is 0 Å². The number of rotatable bonds is 9. The Bertz CT molecular complexity index is 360. The lowest BCUT2D eigenvalue weighted by atomic mass is 9.45. The van der Waals surface area contributed by atoms with Crippen LogP contribution in [-0.2, 0) is 0 Å². The predicted octanol–water partition coefficient (Wildman–Crippen LogP) is 4.96. The molecule has 2 atom stereocenters. The first-order chi connectivity index (χ1) is 10.5. The topological polar surface area (TPSA) is 40.5 Å². The Morgan fingerprint density at radius 1 is 0.727 bits per heavy atom. The Morgan fingerprint density at radius 3 is 1.82 bits per heavy atom. The molecule has 128 valence electrons. The summed E-state index contributed by atoms with van der Waals surface area (Å²) in [6, 6.07) is 0. The maximum atomic E-state index is 10.8. The van der Waals surface area contributed by atoms with Crippen LogP contribution < -0.4 is 0 Å². The molecule has 4 saturated carbocycles. The van der Waals surface area contributed by atoms with E-state index < -0.39 is 11.2 Å². The van der Waals surface area contributed by atoms with Crippen molar-refractivity contribution in [3.63, 3.8) is 0 Å². The largest absolute Gasteiger partial charge is 0.390 e. The summed E-state index contributed by atoms with van der Waals surface area (Å²) in [6.07, 6.45) is 17.9. The number of unbranched alkanes of at least 4 members (excludes halogenated alkanes) is 7. The monoisotopic (exact) mass is 308 g/mol. The first kappa shape index (κ1) is 16.8. The zero-order valence-corrected chi connectivity index (χ0v) is 14.6. The van der Waals surface area contributed by atoms with Gasteiger partial charge in [0.05, 0.1) is 11.2 Å². The standard InChI is InChI=1S/C20H36O2/c1-2-3-4-5-6-7-8-9-10-18-11-17-12-19(21,14-18)16-20(22,13-17)15-18/h17,21-22H,2-16H2,1H3. The van der Waals surface area contributed by atoms with Gasteiger partial charge in [0, 0.05) is 6.42 Å². The van der Waals surface area contributed by atoms with E-state index in [4.69, 9.17) is 0 Å². The second-order valence-electron chi connectivity index (χ2n) is 9.18. The Labute approximate surface area is 136 Å². The van der Waals surface area contributed by atoms with Gasteiger partial charge in [0.25, 0.3) is 0 Å². The highest BCUT2D eigenvalue weighted by Gasteiger charge is 2.62. The summed E-state index contributed by atoms with van der Waals surface area (Å²) in [4.78, 5) is 0. The van der Waals surface area contributed by atoms with Gasteiger partial charge in [0.1, 0.15) is 0 Å². The van der Waals surface area contributed by atoms with Crippen molar-refractivity contribution < 1.29 is 10.2 Å². The van der Waals surface area contributed by atoms with E-state index in [-0.39, 0.29) is 5.41 Å². The van der Waals surface area contributed by atoms with Crippen LogP contribution in [0.5, 0.6) is 0 Å². The highest BCUT2D eigenvalue weighted by molar-refractivity contribution is 5.14. The van der Waals surface area contributed by atoms with Gasteiger partial charge in [0.2, 0.25) is 0 Å².